The first-order valence-electron chi connectivity index (χ1n) is 14.2. The predicted octanol–water partition coefficient (Wildman–Crippen LogP) is 7.34. The van der Waals surface area contributed by atoms with Crippen molar-refractivity contribution in [2.75, 3.05) is 0 Å². The van der Waals surface area contributed by atoms with Gasteiger partial charge in [0, 0.05) is 6.07 Å². The first kappa shape index (κ1) is 27.1. The highest BCUT2D eigenvalue weighted by Gasteiger charge is 2.49. The molecular weight excluding hydrogens is 487 g/mol. The van der Waals surface area contributed by atoms with E-state index in [0.29, 0.717) is 5.92 Å². The molecule has 2 heteroatoms. The van der Waals surface area contributed by atoms with Crippen LogP contribution < -0.4 is 20.1 Å². The molecule has 5 rings (SSSR count). The summed E-state index contributed by atoms with van der Waals surface area (Å²) in [5, 5.41) is 7.06. The molecule has 4 aromatic carbocycles. The van der Waals surface area contributed by atoms with Crippen LogP contribution in [0.4, 0.5) is 0 Å². The summed E-state index contributed by atoms with van der Waals surface area (Å²) in [7, 11) is -0.221. The van der Waals surface area contributed by atoms with E-state index in [2.05, 4.69) is 163 Å². The van der Waals surface area contributed by atoms with Crippen LogP contribution in [0.2, 0.25) is 5.04 Å². The minimum Gasteiger partial charge on any atom is -0.200 e. The summed E-state index contributed by atoms with van der Waals surface area (Å²) in [6, 6.07) is 36.9. The number of aryl methyl sites for hydroxylation is 2. The molecule has 0 aliphatic carbocycles. The van der Waals surface area contributed by atoms with E-state index < -0.39 is 8.07 Å². The number of nitrogens with zero attached hydrogens (tertiary/aromatic N) is 1. The fraction of sp³-hybridized carbons (Fsp3) is 0.270. The van der Waals surface area contributed by atoms with E-state index in [1.54, 1.807) is 0 Å². The second-order valence-electron chi connectivity index (χ2n) is 12.5. The van der Waals surface area contributed by atoms with Crippen LogP contribution in [0.5, 0.6) is 0 Å². The van der Waals surface area contributed by atoms with Crippen molar-refractivity contribution in [2.24, 2.45) is 7.05 Å². The zero-order valence-electron chi connectivity index (χ0n) is 24.8. The van der Waals surface area contributed by atoms with Gasteiger partial charge < -0.3 is 0 Å². The minimum absolute atomic E-state index is 0.0605. The highest BCUT2D eigenvalue weighted by Crippen LogP contribution is 2.37. The first-order valence-corrected chi connectivity index (χ1v) is 16.2. The smallest absolute Gasteiger partial charge is 0.200 e. The number of aromatic nitrogens is 1. The van der Waals surface area contributed by atoms with Gasteiger partial charge in [0.1, 0.15) is 7.05 Å². The Morgan fingerprint density at radius 1 is 0.692 bits per heavy atom. The summed E-state index contributed by atoms with van der Waals surface area (Å²) in [6.45, 7) is 16.4. The second-order valence-corrected chi connectivity index (χ2v) is 17.2. The average molecular weight is 529 g/mol. The van der Waals surface area contributed by atoms with E-state index in [4.69, 9.17) is 0 Å². The van der Waals surface area contributed by atoms with Gasteiger partial charge in [-0.3, -0.25) is 0 Å². The van der Waals surface area contributed by atoms with Gasteiger partial charge in [0.2, 0.25) is 5.69 Å². The molecule has 0 amide bonds. The van der Waals surface area contributed by atoms with Gasteiger partial charge in [-0.15, -0.1) is 0 Å². The molecule has 1 nitrogen and oxygen atoms in total. The van der Waals surface area contributed by atoms with Crippen LogP contribution in [0.25, 0.3) is 22.0 Å². The molecule has 0 radical (unpaired) electrons. The van der Waals surface area contributed by atoms with Crippen molar-refractivity contribution in [2.45, 2.75) is 59.4 Å². The number of pyridine rings is 1. The Morgan fingerprint density at radius 2 is 1.28 bits per heavy atom. The molecule has 39 heavy (non-hydrogen) atoms. The molecule has 0 aliphatic rings. The Bertz CT molecular complexity index is 1590. The Labute approximate surface area is 236 Å². The van der Waals surface area contributed by atoms with E-state index >= 15 is 0 Å². The van der Waals surface area contributed by atoms with Crippen molar-refractivity contribution in [1.29, 1.82) is 0 Å². The second kappa shape index (κ2) is 10.2. The highest BCUT2D eigenvalue weighted by atomic mass is 28.3. The molecule has 1 heterocycles. The maximum Gasteiger partial charge on any atom is 0.220 e. The molecule has 198 valence electrons. The number of benzene rings is 4. The van der Waals surface area contributed by atoms with Crippen molar-refractivity contribution in [3.05, 3.63) is 120 Å². The summed E-state index contributed by atoms with van der Waals surface area (Å²) in [4.78, 5) is 0. The molecule has 0 bridgehead atoms. The van der Waals surface area contributed by atoms with Gasteiger partial charge in [-0.05, 0) is 74.6 Å². The lowest BCUT2D eigenvalue weighted by Gasteiger charge is -2.44. The zero-order valence-corrected chi connectivity index (χ0v) is 25.8. The van der Waals surface area contributed by atoms with E-state index in [9.17, 15) is 0 Å². The maximum atomic E-state index is 2.50. The maximum absolute atomic E-state index is 2.50. The third kappa shape index (κ3) is 4.55. The van der Waals surface area contributed by atoms with Crippen molar-refractivity contribution in [3.63, 3.8) is 0 Å². The predicted molar refractivity (Wildman–Crippen MR) is 171 cm³/mol. The molecule has 1 aromatic heterocycles. The number of hydrogen-bond donors (Lipinski definition) is 0. The van der Waals surface area contributed by atoms with E-state index in [0.717, 1.165) is 0 Å². The van der Waals surface area contributed by atoms with Gasteiger partial charge in [0.15, 0.2) is 14.3 Å². The fourth-order valence-corrected chi connectivity index (χ4v) is 12.3. The van der Waals surface area contributed by atoms with E-state index in [-0.39, 0.29) is 5.04 Å². The standard InChI is InChI=1S/C37H42NSi/c1-26(2)30-23-27(3)28(4)35(25-30)36-34-20-19-33(24-29(34)21-22-38(36)8)39(37(5,6)7,31-15-11-9-12-16-31)32-17-13-10-14-18-32/h9-26H,1-8H3/q+1. The van der Waals surface area contributed by atoms with Gasteiger partial charge in [0.05, 0.1) is 10.9 Å². The van der Waals surface area contributed by atoms with Crippen LogP contribution in [0.3, 0.4) is 0 Å². The Morgan fingerprint density at radius 3 is 1.82 bits per heavy atom. The van der Waals surface area contributed by atoms with Gasteiger partial charge in [-0.25, -0.2) is 4.57 Å². The van der Waals surface area contributed by atoms with Gasteiger partial charge in [0.25, 0.3) is 0 Å². The summed E-state index contributed by atoms with van der Waals surface area (Å²) in [6.07, 6.45) is 2.24. The topological polar surface area (TPSA) is 3.88 Å². The van der Waals surface area contributed by atoms with E-state index in [1.807, 2.05) is 0 Å². The van der Waals surface area contributed by atoms with E-state index in [1.165, 1.54) is 54.3 Å². The lowest BCUT2D eigenvalue weighted by atomic mass is 9.91. The summed E-state index contributed by atoms with van der Waals surface area (Å²) < 4.78 is 2.30. The van der Waals surface area contributed by atoms with Crippen LogP contribution >= 0.6 is 0 Å². The van der Waals surface area contributed by atoms with Crippen molar-refractivity contribution in [1.82, 2.24) is 0 Å². The minimum atomic E-state index is -2.40. The largest absolute Gasteiger partial charge is 0.220 e. The molecule has 0 spiro atoms. The van der Waals surface area contributed by atoms with Crippen LogP contribution in [0.15, 0.2) is 103 Å². The Balaban J connectivity index is 1.83. The number of fused-ring (bicyclic) bond motifs is 1. The zero-order chi connectivity index (χ0) is 27.9. The molecule has 0 saturated carbocycles. The van der Waals surface area contributed by atoms with Gasteiger partial charge in [-0.2, -0.15) is 0 Å². The van der Waals surface area contributed by atoms with Crippen molar-refractivity contribution >= 4 is 34.4 Å². The highest BCUT2D eigenvalue weighted by molar-refractivity contribution is 7.13. The SMILES string of the molecule is Cc1cc(C(C)C)cc(-c2c3ccc([Si](c4ccccc4)(c4ccccc4)C(C)(C)C)cc3cc[n+]2C)c1C. The Hall–Kier alpha value is -3.49. The molecule has 0 unspecified atom stereocenters. The number of hydrogen-bond acceptors (Lipinski definition) is 0. The van der Waals surface area contributed by atoms with Crippen LogP contribution in [0, 0.1) is 13.8 Å². The average Bonchev–Trinajstić information content (AvgIpc) is 2.91. The van der Waals surface area contributed by atoms with Gasteiger partial charge >= 0.3 is 0 Å². The molecule has 0 atom stereocenters. The van der Waals surface area contributed by atoms with Crippen LogP contribution in [-0.2, 0) is 7.05 Å². The molecular formula is C37H42NSi+. The lowest BCUT2D eigenvalue weighted by Crippen LogP contribution is -2.72. The quantitative estimate of drug-likeness (QED) is 0.128. The fourth-order valence-electron chi connectivity index (χ4n) is 6.58. The van der Waals surface area contributed by atoms with Crippen LogP contribution in [0.1, 0.15) is 57.2 Å². The number of rotatable bonds is 5. The third-order valence-corrected chi connectivity index (χ3v) is 14.5. The summed E-state index contributed by atoms with van der Waals surface area (Å²) in [5.41, 5.74) is 6.75. The first-order chi connectivity index (χ1) is 18.6. The molecule has 0 N–H and O–H groups in total. The summed E-state index contributed by atoms with van der Waals surface area (Å²) >= 11 is 0. The van der Waals surface area contributed by atoms with Crippen LogP contribution in [-0.4, -0.2) is 8.07 Å². The Kier molecular flexibility index (Phi) is 7.11. The molecule has 5 aromatic rings. The summed E-state index contributed by atoms with van der Waals surface area (Å²) in [5.74, 6) is 0.491. The molecule has 0 fully saturated rings. The molecule has 0 aliphatic heterocycles. The molecule has 0 saturated heterocycles. The van der Waals surface area contributed by atoms with Crippen molar-refractivity contribution in [3.8, 4) is 11.3 Å². The lowest BCUT2D eigenvalue weighted by molar-refractivity contribution is -0.659. The normalized spacial score (nSPS) is 12.3. The van der Waals surface area contributed by atoms with Gasteiger partial charge in [-0.1, -0.05) is 113 Å². The third-order valence-electron chi connectivity index (χ3n) is 8.72. The van der Waals surface area contributed by atoms with Crippen molar-refractivity contribution < 1.29 is 4.57 Å². The monoisotopic (exact) mass is 528 g/mol.